The second-order valence-corrected chi connectivity index (χ2v) is 7.45. The zero-order valence-electron chi connectivity index (χ0n) is 17.2. The Hall–Kier alpha value is -4.13. The summed E-state index contributed by atoms with van der Waals surface area (Å²) in [5.41, 5.74) is 6.75. The van der Waals surface area contributed by atoms with Crippen LogP contribution in [-0.2, 0) is 20.7 Å². The molecule has 0 unspecified atom stereocenters. The van der Waals surface area contributed by atoms with E-state index in [-0.39, 0.29) is 5.56 Å². The van der Waals surface area contributed by atoms with E-state index in [9.17, 15) is 4.79 Å². The summed E-state index contributed by atoms with van der Waals surface area (Å²) in [6, 6.07) is 17.4. The summed E-state index contributed by atoms with van der Waals surface area (Å²) in [4.78, 5) is 19.3. The number of ether oxygens (including phenoxy) is 1. The van der Waals surface area contributed by atoms with Crippen LogP contribution in [0.4, 0.5) is 0 Å². The average molecular weight is 411 g/mol. The van der Waals surface area contributed by atoms with Gasteiger partial charge < -0.3 is 14.3 Å². The number of pyridine rings is 1. The van der Waals surface area contributed by atoms with Crippen molar-refractivity contribution in [3.63, 3.8) is 0 Å². The van der Waals surface area contributed by atoms with E-state index in [2.05, 4.69) is 21.1 Å². The van der Waals surface area contributed by atoms with Crippen LogP contribution in [0, 0.1) is 0 Å². The lowest BCUT2D eigenvalue weighted by Crippen LogP contribution is -2.14. The number of fused-ring (bicyclic) bond motifs is 1. The van der Waals surface area contributed by atoms with Crippen LogP contribution in [-0.4, -0.2) is 24.3 Å². The molecule has 0 atom stereocenters. The first-order chi connectivity index (χ1) is 15.1. The second kappa shape index (κ2) is 7.60. The molecule has 0 amide bonds. The number of hydrogen-bond acceptors (Lipinski definition) is 4. The highest BCUT2D eigenvalue weighted by Gasteiger charge is 2.12. The number of aryl methyl sites for hydroxylation is 2. The van der Waals surface area contributed by atoms with Crippen molar-refractivity contribution in [3.8, 4) is 28.0 Å². The van der Waals surface area contributed by atoms with E-state index < -0.39 is 0 Å². The van der Waals surface area contributed by atoms with Crippen LogP contribution in [0.5, 0.6) is 5.75 Å². The van der Waals surface area contributed by atoms with Crippen LogP contribution in [0.3, 0.4) is 0 Å². The normalized spacial score (nSPS) is 11.2. The van der Waals surface area contributed by atoms with Gasteiger partial charge in [-0.15, -0.1) is 0 Å². The molecule has 0 aliphatic heterocycles. The summed E-state index contributed by atoms with van der Waals surface area (Å²) >= 11 is 0. The second-order valence-electron chi connectivity index (χ2n) is 7.45. The van der Waals surface area contributed by atoms with Gasteiger partial charge in [0.25, 0.3) is 0 Å². The maximum atomic E-state index is 11.7. The topological polar surface area (TPSA) is 77.7 Å². The summed E-state index contributed by atoms with van der Waals surface area (Å²) in [6.45, 7) is 0.327. The van der Waals surface area contributed by atoms with Crippen molar-refractivity contribution < 1.29 is 4.74 Å². The van der Waals surface area contributed by atoms with E-state index in [1.165, 1.54) is 0 Å². The molecule has 3 aromatic heterocycles. The standard InChI is InChI=1S/C24H21N5O2/c1-28-12-17(8-11-23(28)30)20-13-29(2)27-22(20)14-31-18-9-6-16(7-10-18)19-4-3-5-21-24(19)26-15-25-21/h3-13,15H,14H2,1-2H3,(H,25,26). The molecule has 5 rings (SSSR count). The Balaban J connectivity index is 1.37. The third-order valence-electron chi connectivity index (χ3n) is 5.29. The number of rotatable bonds is 5. The van der Waals surface area contributed by atoms with E-state index in [4.69, 9.17) is 4.74 Å². The van der Waals surface area contributed by atoms with E-state index >= 15 is 0 Å². The van der Waals surface area contributed by atoms with E-state index in [1.54, 1.807) is 28.7 Å². The molecule has 154 valence electrons. The molecule has 0 saturated carbocycles. The van der Waals surface area contributed by atoms with Crippen molar-refractivity contribution in [2.24, 2.45) is 14.1 Å². The van der Waals surface area contributed by atoms with Gasteiger partial charge in [-0.25, -0.2) is 4.98 Å². The Morgan fingerprint density at radius 3 is 2.55 bits per heavy atom. The molecule has 0 saturated heterocycles. The van der Waals surface area contributed by atoms with Crippen molar-refractivity contribution in [3.05, 3.63) is 89.4 Å². The fourth-order valence-electron chi connectivity index (χ4n) is 3.72. The first-order valence-corrected chi connectivity index (χ1v) is 9.93. The Bertz CT molecular complexity index is 1430. The fraction of sp³-hybridized carbons (Fsp3) is 0.125. The molecular weight excluding hydrogens is 390 g/mol. The Kier molecular flexibility index (Phi) is 4.63. The number of aromatic nitrogens is 5. The third-order valence-corrected chi connectivity index (χ3v) is 5.29. The SMILES string of the molecule is Cn1cc(-c2ccc(=O)n(C)c2)c(COc2ccc(-c3cccc4[nH]cnc34)cc2)n1. The number of H-pyrrole nitrogens is 1. The predicted octanol–water partition coefficient (Wildman–Crippen LogP) is 3.91. The molecule has 0 aliphatic carbocycles. The van der Waals surface area contributed by atoms with Gasteiger partial charge in [0, 0.05) is 49.2 Å². The van der Waals surface area contributed by atoms with Crippen LogP contribution in [0.2, 0.25) is 0 Å². The quantitative estimate of drug-likeness (QED) is 0.476. The zero-order valence-corrected chi connectivity index (χ0v) is 17.2. The lowest BCUT2D eigenvalue weighted by Gasteiger charge is -2.08. The molecule has 2 aromatic carbocycles. The summed E-state index contributed by atoms with van der Waals surface area (Å²) < 4.78 is 9.34. The van der Waals surface area contributed by atoms with Gasteiger partial charge in [-0.3, -0.25) is 9.48 Å². The highest BCUT2D eigenvalue weighted by molar-refractivity contribution is 5.91. The lowest BCUT2D eigenvalue weighted by atomic mass is 10.0. The van der Waals surface area contributed by atoms with Crippen molar-refractivity contribution in [1.29, 1.82) is 0 Å². The Labute approximate surface area is 178 Å². The molecule has 0 radical (unpaired) electrons. The predicted molar refractivity (Wildman–Crippen MR) is 120 cm³/mol. The Morgan fingerprint density at radius 1 is 0.935 bits per heavy atom. The molecule has 5 aromatic rings. The number of imidazole rings is 1. The van der Waals surface area contributed by atoms with Gasteiger partial charge in [0.2, 0.25) is 5.56 Å². The molecule has 0 bridgehead atoms. The third kappa shape index (κ3) is 3.61. The van der Waals surface area contributed by atoms with Crippen LogP contribution in [0.1, 0.15) is 5.69 Å². The molecule has 1 N–H and O–H groups in total. The fourth-order valence-corrected chi connectivity index (χ4v) is 3.72. The van der Waals surface area contributed by atoms with E-state index in [0.717, 1.165) is 44.7 Å². The number of hydrogen-bond donors (Lipinski definition) is 1. The smallest absolute Gasteiger partial charge is 0.250 e. The number of para-hydroxylation sites is 1. The van der Waals surface area contributed by atoms with Gasteiger partial charge in [-0.1, -0.05) is 24.3 Å². The summed E-state index contributed by atoms with van der Waals surface area (Å²) in [5, 5.41) is 4.54. The molecular formula is C24H21N5O2. The lowest BCUT2D eigenvalue weighted by molar-refractivity contribution is 0.300. The minimum Gasteiger partial charge on any atom is -0.487 e. The first-order valence-electron chi connectivity index (χ1n) is 9.93. The summed E-state index contributed by atoms with van der Waals surface area (Å²) in [5.74, 6) is 0.759. The van der Waals surface area contributed by atoms with Gasteiger partial charge >= 0.3 is 0 Å². The maximum Gasteiger partial charge on any atom is 0.250 e. The van der Waals surface area contributed by atoms with Crippen molar-refractivity contribution in [2.75, 3.05) is 0 Å². The number of benzene rings is 2. The van der Waals surface area contributed by atoms with Crippen LogP contribution in [0.25, 0.3) is 33.3 Å². The van der Waals surface area contributed by atoms with Gasteiger partial charge in [0.1, 0.15) is 18.1 Å². The zero-order chi connectivity index (χ0) is 21.4. The van der Waals surface area contributed by atoms with Crippen molar-refractivity contribution in [2.45, 2.75) is 6.61 Å². The Morgan fingerprint density at radius 2 is 1.74 bits per heavy atom. The summed E-state index contributed by atoms with van der Waals surface area (Å²) in [6.07, 6.45) is 5.46. The largest absolute Gasteiger partial charge is 0.487 e. The molecule has 0 spiro atoms. The average Bonchev–Trinajstić information content (AvgIpc) is 3.41. The highest BCUT2D eigenvalue weighted by Crippen LogP contribution is 2.29. The van der Waals surface area contributed by atoms with Gasteiger partial charge in [0.15, 0.2) is 0 Å². The molecule has 0 aliphatic rings. The van der Waals surface area contributed by atoms with Crippen molar-refractivity contribution >= 4 is 11.0 Å². The van der Waals surface area contributed by atoms with Gasteiger partial charge in [0.05, 0.1) is 17.4 Å². The minimum absolute atomic E-state index is 0.0453. The molecule has 31 heavy (non-hydrogen) atoms. The molecule has 3 heterocycles. The summed E-state index contributed by atoms with van der Waals surface area (Å²) in [7, 11) is 3.61. The van der Waals surface area contributed by atoms with Gasteiger partial charge in [-0.05, 0) is 29.8 Å². The highest BCUT2D eigenvalue weighted by atomic mass is 16.5. The van der Waals surface area contributed by atoms with E-state index in [1.807, 2.05) is 61.9 Å². The van der Waals surface area contributed by atoms with Crippen molar-refractivity contribution in [1.82, 2.24) is 24.3 Å². The number of nitrogens with one attached hydrogen (secondary N) is 1. The molecule has 7 nitrogen and oxygen atoms in total. The van der Waals surface area contributed by atoms with E-state index in [0.29, 0.717) is 6.61 Å². The van der Waals surface area contributed by atoms with Crippen LogP contribution in [0.15, 0.2) is 78.1 Å². The van der Waals surface area contributed by atoms with Crippen LogP contribution < -0.4 is 10.3 Å². The molecule has 0 fully saturated rings. The van der Waals surface area contributed by atoms with Gasteiger partial charge in [-0.2, -0.15) is 5.10 Å². The monoisotopic (exact) mass is 411 g/mol. The maximum absolute atomic E-state index is 11.7. The number of nitrogens with zero attached hydrogens (tertiary/aromatic N) is 4. The molecule has 7 heteroatoms. The number of aromatic amines is 1. The first kappa shape index (κ1) is 18.9. The minimum atomic E-state index is -0.0453. The van der Waals surface area contributed by atoms with Crippen LogP contribution >= 0.6 is 0 Å².